The van der Waals surface area contributed by atoms with E-state index in [4.69, 9.17) is 19.9 Å². The first-order valence-electron chi connectivity index (χ1n) is 48.9. The largest absolute Gasteiger partial charge is 0.309 e. The molecule has 660 valence electrons. The lowest BCUT2D eigenvalue weighted by Gasteiger charge is -2.21. The first-order chi connectivity index (χ1) is 70.2. The Bertz CT molecular complexity index is 10700. The monoisotopic (exact) mass is 1810 g/mol. The van der Waals surface area contributed by atoms with Crippen LogP contribution in [0.25, 0.3) is 280 Å². The molecule has 31 rings (SSSR count). The fourth-order valence-corrected chi connectivity index (χ4v) is 24.4. The second-order valence-corrected chi connectivity index (χ2v) is 38.5. The third-order valence-corrected chi connectivity index (χ3v) is 30.6. The molecule has 9 heteroatoms. The van der Waals surface area contributed by atoms with Crippen LogP contribution in [0.2, 0.25) is 0 Å². The molecule has 30 aromatic rings. The van der Waals surface area contributed by atoms with Gasteiger partial charge in [0.25, 0.3) is 0 Å². The number of benzene rings is 23. The van der Waals surface area contributed by atoms with Crippen molar-refractivity contribution in [1.29, 1.82) is 0 Å². The van der Waals surface area contributed by atoms with Crippen LogP contribution in [-0.4, -0.2) is 42.8 Å². The summed E-state index contributed by atoms with van der Waals surface area (Å²) in [5.41, 5.74) is 33.8. The lowest BCUT2D eigenvalue weighted by molar-refractivity contribution is 0.660. The van der Waals surface area contributed by atoms with Crippen LogP contribution in [-0.2, 0) is 5.41 Å². The van der Waals surface area contributed by atoms with Crippen molar-refractivity contribution < 1.29 is 0 Å². The topological polar surface area (TPSA) is 76.2 Å². The van der Waals surface area contributed by atoms with Crippen LogP contribution in [0.1, 0.15) is 25.0 Å². The van der Waals surface area contributed by atoms with E-state index in [0.29, 0.717) is 0 Å². The van der Waals surface area contributed by atoms with Crippen molar-refractivity contribution in [3.05, 3.63) is 478 Å². The number of fused-ring (bicyclic) bond motifs is 28. The zero-order valence-electron chi connectivity index (χ0n) is 77.5. The van der Waals surface area contributed by atoms with Gasteiger partial charge in [0.2, 0.25) is 0 Å². The zero-order valence-corrected chi connectivity index (χ0v) is 77.5. The molecular weight excluding hydrogens is 1720 g/mol. The highest BCUT2D eigenvalue weighted by molar-refractivity contribution is 6.25. The maximum Gasteiger partial charge on any atom is 0.0980 e. The minimum atomic E-state index is -0.136. The Morgan fingerprint density at radius 3 is 1.01 bits per heavy atom. The minimum Gasteiger partial charge on any atom is -0.309 e. The van der Waals surface area contributed by atoms with Gasteiger partial charge in [0, 0.05) is 120 Å². The standard InChI is InChI=1S/C68H41N5.C65H42N4/c1-2-20-45(21-3-1)71-61-32-13-8-25-53(61)65-54(27-16-34-63(65)71)67-66(69-57-28-9-10-29-58(57)70-67)51-26-14-18-43-39-46(36-38-47(43)51)72-59-30-11-7-24-50(59)56-40-44-19-15-33-62(55(44)41-64(56)72)73-60-31-12-6-23-49(60)52-37-35-42-17-4-5-22-48(42)68(52)73;1-65(2)53-25-8-5-22-49(53)61-50(24-15-26-54(61)65)63-62(66-55-27-9-10-28-56(55)67-63)47-23-13-17-40-36-42(33-35-43(40)47)68-57-29-11-7-21-46(57)52-37-41-18-14-31-59(51(41)38-60(52)68)69-58-30-12-6-20-45(58)48-34-32-39-16-3-4-19-44(39)64(48)69/h1-41H;3-38H,1-2H3. The van der Waals surface area contributed by atoms with Gasteiger partial charge in [-0.1, -0.05) is 347 Å². The Hall–Kier alpha value is -18.7. The Balaban J connectivity index is 0.000000133. The molecule has 1 aliphatic carbocycles. The summed E-state index contributed by atoms with van der Waals surface area (Å²) in [7, 11) is 0. The Morgan fingerprint density at radius 1 is 0.176 bits per heavy atom. The second kappa shape index (κ2) is 30.7. The molecule has 0 radical (unpaired) electrons. The van der Waals surface area contributed by atoms with Gasteiger partial charge in [0.1, 0.15) is 0 Å². The molecule has 7 aromatic heterocycles. The maximum atomic E-state index is 5.52. The molecule has 0 saturated carbocycles. The normalized spacial score (nSPS) is 12.6. The molecule has 0 unspecified atom stereocenters. The second-order valence-electron chi connectivity index (χ2n) is 38.5. The minimum absolute atomic E-state index is 0.136. The van der Waals surface area contributed by atoms with Crippen molar-refractivity contribution in [2.24, 2.45) is 0 Å². The summed E-state index contributed by atoms with van der Waals surface area (Å²) in [6, 6.07) is 170. The lowest BCUT2D eigenvalue weighted by atomic mass is 9.82. The van der Waals surface area contributed by atoms with Gasteiger partial charge in [0.15, 0.2) is 0 Å². The Morgan fingerprint density at radius 2 is 0.507 bits per heavy atom. The van der Waals surface area contributed by atoms with Crippen LogP contribution in [0, 0.1) is 0 Å². The molecule has 0 atom stereocenters. The average molecular weight is 1810 g/mol. The van der Waals surface area contributed by atoms with Crippen molar-refractivity contribution >= 4 is 196 Å². The van der Waals surface area contributed by atoms with Gasteiger partial charge in [0.05, 0.1) is 111 Å². The molecule has 0 aliphatic heterocycles. The van der Waals surface area contributed by atoms with Gasteiger partial charge in [-0.25, -0.2) is 19.9 Å². The molecule has 1 aliphatic rings. The van der Waals surface area contributed by atoms with Gasteiger partial charge >= 0.3 is 0 Å². The van der Waals surface area contributed by atoms with E-state index in [0.717, 1.165) is 139 Å². The highest BCUT2D eigenvalue weighted by atomic mass is 15.0. The predicted octanol–water partition coefficient (Wildman–Crippen LogP) is 34.6. The van der Waals surface area contributed by atoms with Crippen LogP contribution in [0.15, 0.2) is 467 Å². The highest BCUT2D eigenvalue weighted by Crippen LogP contribution is 2.55. The van der Waals surface area contributed by atoms with Gasteiger partial charge in [-0.05, 0) is 199 Å². The van der Waals surface area contributed by atoms with Gasteiger partial charge in [-0.2, -0.15) is 0 Å². The van der Waals surface area contributed by atoms with Crippen LogP contribution >= 0.6 is 0 Å². The third-order valence-electron chi connectivity index (χ3n) is 30.6. The first-order valence-corrected chi connectivity index (χ1v) is 48.9. The average Bonchev–Trinajstić information content (AvgIpc) is 1.55. The molecule has 23 aromatic carbocycles. The van der Waals surface area contributed by atoms with E-state index < -0.39 is 0 Å². The Kier molecular flexibility index (Phi) is 17.2. The van der Waals surface area contributed by atoms with Crippen LogP contribution in [0.5, 0.6) is 0 Å². The Labute approximate surface area is 814 Å². The molecule has 0 bridgehead atoms. The first kappa shape index (κ1) is 79.5. The third kappa shape index (κ3) is 11.7. The smallest absolute Gasteiger partial charge is 0.0980 e. The van der Waals surface area contributed by atoms with E-state index in [1.165, 1.54) is 153 Å². The summed E-state index contributed by atoms with van der Waals surface area (Å²) in [6.07, 6.45) is 0. The number of hydrogen-bond acceptors (Lipinski definition) is 4. The fraction of sp³-hybridized carbons (Fsp3) is 0.0226. The molecule has 142 heavy (non-hydrogen) atoms. The number of hydrogen-bond donors (Lipinski definition) is 0. The van der Waals surface area contributed by atoms with E-state index in [1.54, 1.807) is 0 Å². The summed E-state index contributed by atoms with van der Waals surface area (Å²) in [6.45, 7) is 4.67. The van der Waals surface area contributed by atoms with Crippen molar-refractivity contribution in [3.63, 3.8) is 0 Å². The molecule has 0 spiro atoms. The van der Waals surface area contributed by atoms with Gasteiger partial charge < -0.3 is 22.8 Å². The quantitative estimate of drug-likeness (QED) is 0.144. The van der Waals surface area contributed by atoms with Gasteiger partial charge in [-0.15, -0.1) is 0 Å². The van der Waals surface area contributed by atoms with Crippen molar-refractivity contribution in [1.82, 2.24) is 42.8 Å². The molecule has 9 nitrogen and oxygen atoms in total. The highest BCUT2D eigenvalue weighted by Gasteiger charge is 2.38. The van der Waals surface area contributed by atoms with E-state index in [2.05, 4.69) is 492 Å². The summed E-state index contributed by atoms with van der Waals surface area (Å²) < 4.78 is 12.3. The summed E-state index contributed by atoms with van der Waals surface area (Å²) in [5.74, 6) is 0. The van der Waals surface area contributed by atoms with Crippen molar-refractivity contribution in [2.75, 3.05) is 0 Å². The van der Waals surface area contributed by atoms with Gasteiger partial charge in [-0.3, -0.25) is 0 Å². The molecule has 0 saturated heterocycles. The van der Waals surface area contributed by atoms with Crippen molar-refractivity contribution in [2.45, 2.75) is 19.3 Å². The van der Waals surface area contributed by atoms with E-state index >= 15 is 0 Å². The molecule has 7 heterocycles. The number of aromatic nitrogens is 9. The molecule has 0 amide bonds. The van der Waals surface area contributed by atoms with Crippen molar-refractivity contribution in [3.8, 4) is 84.6 Å². The summed E-state index contributed by atoms with van der Waals surface area (Å²) >= 11 is 0. The summed E-state index contributed by atoms with van der Waals surface area (Å²) in [5, 5.41) is 26.5. The van der Waals surface area contributed by atoms with Crippen LogP contribution in [0.3, 0.4) is 0 Å². The number of para-hydroxylation sites is 10. The van der Waals surface area contributed by atoms with E-state index in [1.807, 2.05) is 12.1 Å². The molecule has 0 fully saturated rings. The SMILES string of the molecule is CC1(C)c2ccccc2-c2c(-c3nc4ccccc4nc3-c3cccc4cc(-n5c6ccccc6c6cc7cccc(-n8c9ccccc9c9ccc%10ccccc%10c98)c7cc65)ccc34)cccc21.c1ccc(-n2c3ccccc3c3c(-c4nc5ccccc5nc4-c4cccc5cc(-n6c7ccccc7c7cc8cccc(-n9c%10ccccc%10c%10ccc%11ccccc%11c%109)c8cc76)ccc45)cccc32)cc1. The van der Waals surface area contributed by atoms with E-state index in [9.17, 15) is 0 Å². The summed E-state index contributed by atoms with van der Waals surface area (Å²) in [4.78, 5) is 22.0. The lowest BCUT2D eigenvalue weighted by Crippen LogP contribution is -2.14. The predicted molar refractivity (Wildman–Crippen MR) is 595 cm³/mol. The maximum absolute atomic E-state index is 5.52. The van der Waals surface area contributed by atoms with Crippen LogP contribution in [0.4, 0.5) is 0 Å². The fourth-order valence-electron chi connectivity index (χ4n) is 24.4. The van der Waals surface area contributed by atoms with Crippen LogP contribution < -0.4 is 0 Å². The zero-order chi connectivity index (χ0) is 93.3. The molecule has 0 N–H and O–H groups in total. The number of nitrogens with zero attached hydrogens (tertiary/aromatic N) is 9. The number of rotatable bonds is 9. The van der Waals surface area contributed by atoms with E-state index in [-0.39, 0.29) is 5.41 Å². The molecular formula is C133H83N9.